The minimum atomic E-state index is -1.66. The molecule has 0 spiro atoms. The minimum Gasteiger partial charge on any atom is -0.394 e. The van der Waals surface area contributed by atoms with Gasteiger partial charge in [0.05, 0.1) is 25.4 Å². The molecule has 0 aromatic heterocycles. The molecule has 0 saturated carbocycles. The summed E-state index contributed by atoms with van der Waals surface area (Å²) in [5.41, 5.74) is 0. The third-order valence-electron chi connectivity index (χ3n) is 19.1. The van der Waals surface area contributed by atoms with Gasteiger partial charge in [0.1, 0.15) is 36.6 Å². The van der Waals surface area contributed by atoms with Gasteiger partial charge in [0.15, 0.2) is 6.29 Å². The van der Waals surface area contributed by atoms with Crippen LogP contribution in [-0.2, 0) is 14.3 Å². The number of carbonyl (C=O) groups excluding carboxylic acids is 1. The van der Waals surface area contributed by atoms with Gasteiger partial charge in [-0.3, -0.25) is 4.79 Å². The van der Waals surface area contributed by atoms with Crippen LogP contribution in [0.15, 0.2) is 12.2 Å². The Morgan fingerprint density at radius 3 is 0.966 bits per heavy atom. The molecule has 0 radical (unpaired) electrons. The van der Waals surface area contributed by atoms with Crippen molar-refractivity contribution in [2.75, 3.05) is 13.2 Å². The van der Waals surface area contributed by atoms with E-state index >= 15 is 0 Å². The van der Waals surface area contributed by atoms with Crippen LogP contribution in [0, 0.1) is 0 Å². The van der Waals surface area contributed by atoms with Crippen LogP contribution in [0.2, 0.25) is 0 Å². The number of hydrogen-bond donors (Lipinski definition) is 8. The van der Waals surface area contributed by atoms with Crippen LogP contribution >= 0.6 is 0 Å². The van der Waals surface area contributed by atoms with Gasteiger partial charge in [-0.1, -0.05) is 373 Å². The molecule has 1 aliphatic rings. The molecule has 0 bridgehead atoms. The van der Waals surface area contributed by atoms with E-state index in [-0.39, 0.29) is 6.42 Å². The van der Waals surface area contributed by atoms with Gasteiger partial charge < -0.3 is 50.5 Å². The number of carbonyl (C=O) groups is 1. The van der Waals surface area contributed by atoms with Crippen LogP contribution in [0.4, 0.5) is 0 Å². The SMILES string of the molecule is CCCCCCCCCCCCCCCCCC/C=C\CCCCCCCCCCCCCCCCCCC(O)C(=O)NC(COC1OC(CO)C(O)C(O)C1O)C(O)C(O)CCCCCCCCCCCCCCCCCCCCCCCCCC. The third kappa shape index (κ3) is 52.0. The van der Waals surface area contributed by atoms with Gasteiger partial charge in [0, 0.05) is 0 Å². The maximum absolute atomic E-state index is 13.3. The van der Waals surface area contributed by atoms with Gasteiger partial charge in [-0.25, -0.2) is 0 Å². The number of amides is 1. The van der Waals surface area contributed by atoms with E-state index in [2.05, 4.69) is 31.3 Å². The fraction of sp³-hybridized carbons (Fsp3) is 0.961. The number of rotatable bonds is 69. The summed E-state index contributed by atoms with van der Waals surface area (Å²) in [5, 5.41) is 76.7. The van der Waals surface area contributed by atoms with Crippen molar-refractivity contribution in [1.29, 1.82) is 0 Å². The standard InChI is InChI=1S/C76H149NO10/c1-3-5-7-9-11-13-15-17-19-21-23-25-27-29-30-31-32-33-34-35-36-37-38-39-40-42-44-46-48-50-52-54-56-58-60-62-64-69(80)75(85)77-67(66-86-76-74(84)73(83)72(82)70(65-78)87-76)71(81)68(79)63-61-59-57-55-53-51-49-47-45-43-41-28-26-24-22-20-18-16-14-12-10-8-6-4-2/h33-34,67-74,76,78-84H,3-32,35-66H2,1-2H3,(H,77,85)/b34-33-. The summed E-state index contributed by atoms with van der Waals surface area (Å²) < 4.78 is 11.2. The van der Waals surface area contributed by atoms with Crippen molar-refractivity contribution in [2.24, 2.45) is 0 Å². The molecular formula is C76H149NO10. The Labute approximate surface area is 538 Å². The molecule has 1 amide bonds. The molecule has 11 nitrogen and oxygen atoms in total. The lowest BCUT2D eigenvalue weighted by Gasteiger charge is -2.40. The molecule has 0 aromatic carbocycles. The Morgan fingerprint density at radius 2 is 0.667 bits per heavy atom. The first-order valence-corrected chi connectivity index (χ1v) is 38.6. The van der Waals surface area contributed by atoms with E-state index < -0.39 is 74.2 Å². The molecule has 1 rings (SSSR count). The smallest absolute Gasteiger partial charge is 0.249 e. The maximum atomic E-state index is 13.3. The fourth-order valence-electron chi connectivity index (χ4n) is 12.9. The zero-order valence-corrected chi connectivity index (χ0v) is 57.5. The van der Waals surface area contributed by atoms with Gasteiger partial charge in [0.25, 0.3) is 0 Å². The number of allylic oxidation sites excluding steroid dienone is 2. The van der Waals surface area contributed by atoms with Crippen molar-refractivity contribution < 1.29 is 50.0 Å². The van der Waals surface area contributed by atoms with E-state index in [0.717, 1.165) is 38.5 Å². The summed E-state index contributed by atoms with van der Waals surface area (Å²) in [5.74, 6) is -0.688. The van der Waals surface area contributed by atoms with E-state index in [1.54, 1.807) is 0 Å². The van der Waals surface area contributed by atoms with Crippen molar-refractivity contribution in [1.82, 2.24) is 5.32 Å². The number of unbranched alkanes of at least 4 members (excludes halogenated alkanes) is 55. The fourth-order valence-corrected chi connectivity index (χ4v) is 12.9. The monoisotopic (exact) mass is 1240 g/mol. The van der Waals surface area contributed by atoms with Crippen molar-refractivity contribution in [3.05, 3.63) is 12.2 Å². The van der Waals surface area contributed by atoms with E-state index in [9.17, 15) is 40.5 Å². The Hall–Kier alpha value is -1.15. The van der Waals surface area contributed by atoms with Gasteiger partial charge in [-0.2, -0.15) is 0 Å². The highest BCUT2D eigenvalue weighted by Crippen LogP contribution is 2.24. The number of hydrogen-bond acceptors (Lipinski definition) is 10. The van der Waals surface area contributed by atoms with E-state index in [1.807, 2.05) is 0 Å². The van der Waals surface area contributed by atoms with E-state index in [1.165, 1.54) is 321 Å². The normalized spacial score (nSPS) is 18.7. The Kier molecular flexibility index (Phi) is 62.6. The number of nitrogens with one attached hydrogen (secondary N) is 1. The predicted octanol–water partition coefficient (Wildman–Crippen LogP) is 19.4. The van der Waals surface area contributed by atoms with Crippen LogP contribution < -0.4 is 5.32 Å². The Balaban J connectivity index is 2.13. The van der Waals surface area contributed by atoms with Gasteiger partial charge in [-0.05, 0) is 38.5 Å². The molecule has 1 saturated heterocycles. The van der Waals surface area contributed by atoms with Crippen molar-refractivity contribution in [3.63, 3.8) is 0 Å². The average Bonchev–Trinajstić information content (AvgIpc) is 1.97. The van der Waals surface area contributed by atoms with Gasteiger partial charge >= 0.3 is 0 Å². The van der Waals surface area contributed by atoms with Gasteiger partial charge in [-0.15, -0.1) is 0 Å². The number of aliphatic hydroxyl groups is 7. The summed E-state index contributed by atoms with van der Waals surface area (Å²) in [6, 6.07) is -1.17. The first kappa shape index (κ1) is 83.9. The molecule has 1 heterocycles. The highest BCUT2D eigenvalue weighted by molar-refractivity contribution is 5.80. The summed E-state index contributed by atoms with van der Waals surface area (Å²) in [7, 11) is 0. The molecule has 1 aliphatic heterocycles. The highest BCUT2D eigenvalue weighted by Gasteiger charge is 2.44. The summed E-state index contributed by atoms with van der Waals surface area (Å²) in [4.78, 5) is 13.3. The number of ether oxygens (including phenoxy) is 2. The molecule has 0 aromatic rings. The lowest BCUT2D eigenvalue weighted by atomic mass is 9.98. The van der Waals surface area contributed by atoms with Crippen molar-refractivity contribution in [2.45, 2.75) is 454 Å². The minimum absolute atomic E-state index is 0.265. The summed E-state index contributed by atoms with van der Waals surface area (Å²) in [6.45, 7) is 3.53. The molecule has 8 N–H and O–H groups in total. The number of aliphatic hydroxyl groups excluding tert-OH is 7. The second-order valence-corrected chi connectivity index (χ2v) is 27.4. The second-order valence-electron chi connectivity index (χ2n) is 27.4. The largest absolute Gasteiger partial charge is 0.394 e. The molecule has 1 fully saturated rings. The van der Waals surface area contributed by atoms with Crippen LogP contribution in [0.1, 0.15) is 399 Å². The topological polar surface area (TPSA) is 189 Å². The second kappa shape index (κ2) is 64.9. The highest BCUT2D eigenvalue weighted by atomic mass is 16.7. The maximum Gasteiger partial charge on any atom is 0.249 e. The lowest BCUT2D eigenvalue weighted by molar-refractivity contribution is -0.303. The quantitative estimate of drug-likeness (QED) is 0.0215. The molecule has 87 heavy (non-hydrogen) atoms. The van der Waals surface area contributed by atoms with E-state index in [0.29, 0.717) is 19.3 Å². The predicted molar refractivity (Wildman–Crippen MR) is 367 cm³/mol. The third-order valence-corrected chi connectivity index (χ3v) is 19.1. The average molecular weight is 1240 g/mol. The molecule has 9 atom stereocenters. The summed E-state index contributed by atoms with van der Waals surface area (Å²) in [6.07, 6.45) is 70.3. The molecular weight excluding hydrogens is 1090 g/mol. The van der Waals surface area contributed by atoms with Crippen LogP contribution in [-0.4, -0.2) is 110 Å². The molecule has 0 aliphatic carbocycles. The Bertz CT molecular complexity index is 1420. The first-order chi connectivity index (χ1) is 42.7. The summed E-state index contributed by atoms with van der Waals surface area (Å²) >= 11 is 0. The van der Waals surface area contributed by atoms with Gasteiger partial charge in [0.2, 0.25) is 5.91 Å². The van der Waals surface area contributed by atoms with Crippen LogP contribution in [0.5, 0.6) is 0 Å². The molecule has 9 unspecified atom stereocenters. The van der Waals surface area contributed by atoms with Crippen molar-refractivity contribution in [3.8, 4) is 0 Å². The van der Waals surface area contributed by atoms with Crippen LogP contribution in [0.25, 0.3) is 0 Å². The zero-order valence-electron chi connectivity index (χ0n) is 57.5. The molecule has 11 heteroatoms. The van der Waals surface area contributed by atoms with E-state index in [4.69, 9.17) is 9.47 Å². The van der Waals surface area contributed by atoms with Crippen LogP contribution in [0.3, 0.4) is 0 Å². The lowest BCUT2D eigenvalue weighted by Crippen LogP contribution is -2.60. The Morgan fingerprint density at radius 1 is 0.391 bits per heavy atom. The molecule has 518 valence electrons. The van der Waals surface area contributed by atoms with Crippen molar-refractivity contribution >= 4 is 5.91 Å². The zero-order chi connectivity index (χ0) is 63.1. The first-order valence-electron chi connectivity index (χ1n) is 38.6.